The normalized spacial score (nSPS) is 10.8. The molecule has 2 N–H and O–H groups in total. The molecule has 1 aromatic carbocycles. The maximum Gasteiger partial charge on any atom is 0.253 e. The van der Waals surface area contributed by atoms with Gasteiger partial charge in [0.2, 0.25) is 0 Å². The van der Waals surface area contributed by atoms with Crippen molar-refractivity contribution in [1.29, 1.82) is 0 Å². The van der Waals surface area contributed by atoms with Gasteiger partial charge in [-0.25, -0.2) is 4.39 Å². The summed E-state index contributed by atoms with van der Waals surface area (Å²) < 4.78 is 13.1. The second-order valence-electron chi connectivity index (χ2n) is 4.76. The minimum absolute atomic E-state index is 0.0180. The molecule has 0 spiro atoms. The van der Waals surface area contributed by atoms with Gasteiger partial charge in [0.25, 0.3) is 5.91 Å². The SMILES string of the molecule is CCC(CC)CN(CC)C(=O)c1ccc(F)c(N)c1. The zero-order valence-corrected chi connectivity index (χ0v) is 11.9. The highest BCUT2D eigenvalue weighted by Crippen LogP contribution is 2.16. The van der Waals surface area contributed by atoms with Gasteiger partial charge in [-0.1, -0.05) is 26.7 Å². The Hall–Kier alpha value is -1.58. The summed E-state index contributed by atoms with van der Waals surface area (Å²) in [6, 6.07) is 4.14. The molecule has 0 aliphatic carbocycles. The number of rotatable bonds is 6. The first-order valence-corrected chi connectivity index (χ1v) is 6.87. The lowest BCUT2D eigenvalue weighted by Crippen LogP contribution is -2.35. The van der Waals surface area contributed by atoms with Crippen LogP contribution in [0, 0.1) is 11.7 Å². The predicted molar refractivity (Wildman–Crippen MR) is 76.5 cm³/mol. The number of hydrogen-bond acceptors (Lipinski definition) is 2. The van der Waals surface area contributed by atoms with Crippen LogP contribution in [0.3, 0.4) is 0 Å². The van der Waals surface area contributed by atoms with Crippen LogP contribution in [-0.4, -0.2) is 23.9 Å². The minimum Gasteiger partial charge on any atom is -0.396 e. The van der Waals surface area contributed by atoms with Gasteiger partial charge in [-0.05, 0) is 31.0 Å². The first-order chi connectivity index (χ1) is 9.03. The number of carbonyl (C=O) groups is 1. The Kier molecular flexibility index (Phi) is 5.80. The fourth-order valence-electron chi connectivity index (χ4n) is 2.07. The smallest absolute Gasteiger partial charge is 0.253 e. The van der Waals surface area contributed by atoms with E-state index in [0.29, 0.717) is 18.0 Å². The Balaban J connectivity index is 2.85. The van der Waals surface area contributed by atoms with E-state index in [1.807, 2.05) is 6.92 Å². The van der Waals surface area contributed by atoms with Gasteiger partial charge in [0, 0.05) is 18.7 Å². The predicted octanol–water partition coefficient (Wildman–Crippen LogP) is 3.31. The molecule has 0 aromatic heterocycles. The largest absolute Gasteiger partial charge is 0.396 e. The molecule has 1 rings (SSSR count). The average Bonchev–Trinajstić information content (AvgIpc) is 2.42. The van der Waals surface area contributed by atoms with Gasteiger partial charge < -0.3 is 10.6 Å². The van der Waals surface area contributed by atoms with Crippen molar-refractivity contribution >= 4 is 11.6 Å². The third-order valence-corrected chi connectivity index (χ3v) is 3.55. The third-order valence-electron chi connectivity index (χ3n) is 3.55. The Morgan fingerprint density at radius 3 is 2.42 bits per heavy atom. The molecule has 0 unspecified atom stereocenters. The van der Waals surface area contributed by atoms with E-state index in [9.17, 15) is 9.18 Å². The lowest BCUT2D eigenvalue weighted by Gasteiger charge is -2.25. The number of halogens is 1. The van der Waals surface area contributed by atoms with Crippen molar-refractivity contribution in [1.82, 2.24) is 4.90 Å². The van der Waals surface area contributed by atoms with Gasteiger partial charge in [0.05, 0.1) is 5.69 Å². The number of amides is 1. The van der Waals surface area contributed by atoms with Crippen molar-refractivity contribution in [2.75, 3.05) is 18.8 Å². The number of hydrogen-bond donors (Lipinski definition) is 1. The topological polar surface area (TPSA) is 46.3 Å². The molecule has 3 nitrogen and oxygen atoms in total. The zero-order chi connectivity index (χ0) is 14.4. The Labute approximate surface area is 114 Å². The molecule has 0 bridgehead atoms. The van der Waals surface area contributed by atoms with Crippen molar-refractivity contribution in [3.63, 3.8) is 0 Å². The number of carbonyl (C=O) groups excluding carboxylic acids is 1. The maximum absolute atomic E-state index is 13.1. The third kappa shape index (κ3) is 3.94. The van der Waals surface area contributed by atoms with Crippen LogP contribution in [-0.2, 0) is 0 Å². The summed E-state index contributed by atoms with van der Waals surface area (Å²) in [6.07, 6.45) is 2.09. The van der Waals surface area contributed by atoms with Crippen molar-refractivity contribution in [3.8, 4) is 0 Å². The van der Waals surface area contributed by atoms with Crippen molar-refractivity contribution in [3.05, 3.63) is 29.6 Å². The Morgan fingerprint density at radius 1 is 1.32 bits per heavy atom. The molecular formula is C15H23FN2O. The van der Waals surface area contributed by atoms with Crippen LogP contribution in [0.5, 0.6) is 0 Å². The van der Waals surface area contributed by atoms with Crippen LogP contribution in [0.2, 0.25) is 0 Å². The molecule has 0 saturated carbocycles. The molecule has 0 aliphatic rings. The number of nitrogens with two attached hydrogens (primary N) is 1. The van der Waals surface area contributed by atoms with Crippen molar-refractivity contribution < 1.29 is 9.18 Å². The quantitative estimate of drug-likeness (QED) is 0.803. The lowest BCUT2D eigenvalue weighted by atomic mass is 10.0. The number of anilines is 1. The highest BCUT2D eigenvalue weighted by molar-refractivity contribution is 5.95. The summed E-state index contributed by atoms with van der Waals surface area (Å²) in [4.78, 5) is 14.2. The Bertz CT molecular complexity index is 430. The summed E-state index contributed by atoms with van der Waals surface area (Å²) in [5.41, 5.74) is 5.98. The summed E-state index contributed by atoms with van der Waals surface area (Å²) in [7, 11) is 0. The summed E-state index contributed by atoms with van der Waals surface area (Å²) >= 11 is 0. The van der Waals surface area contributed by atoms with Crippen LogP contribution < -0.4 is 5.73 Å². The van der Waals surface area contributed by atoms with Crippen LogP contribution in [0.1, 0.15) is 44.0 Å². The second-order valence-corrected chi connectivity index (χ2v) is 4.76. The standard InChI is InChI=1S/C15H23FN2O/c1-4-11(5-2)10-18(6-3)15(19)12-7-8-13(16)14(17)9-12/h7-9,11H,4-6,10,17H2,1-3H3. The maximum atomic E-state index is 13.1. The van der Waals surface area contributed by atoms with Gasteiger partial charge in [0.1, 0.15) is 5.82 Å². The minimum atomic E-state index is -0.486. The molecule has 106 valence electrons. The fraction of sp³-hybridized carbons (Fsp3) is 0.533. The molecule has 4 heteroatoms. The highest BCUT2D eigenvalue weighted by Gasteiger charge is 2.18. The van der Waals surface area contributed by atoms with Crippen LogP contribution in [0.4, 0.5) is 10.1 Å². The average molecular weight is 266 g/mol. The summed E-state index contributed by atoms with van der Waals surface area (Å²) in [5.74, 6) is -0.0672. The highest BCUT2D eigenvalue weighted by atomic mass is 19.1. The summed E-state index contributed by atoms with van der Waals surface area (Å²) in [6.45, 7) is 7.59. The molecule has 1 amide bonds. The van der Waals surface area contributed by atoms with E-state index >= 15 is 0 Å². The molecule has 19 heavy (non-hydrogen) atoms. The fourth-order valence-corrected chi connectivity index (χ4v) is 2.07. The second kappa shape index (κ2) is 7.12. The van der Waals surface area contributed by atoms with Crippen LogP contribution in [0.15, 0.2) is 18.2 Å². The van der Waals surface area contributed by atoms with E-state index < -0.39 is 5.82 Å². The number of nitrogen functional groups attached to an aromatic ring is 1. The molecule has 0 heterocycles. The van der Waals surface area contributed by atoms with E-state index in [2.05, 4.69) is 13.8 Å². The molecule has 0 fully saturated rings. The molecule has 0 aliphatic heterocycles. The van der Waals surface area contributed by atoms with E-state index in [1.54, 1.807) is 4.90 Å². The van der Waals surface area contributed by atoms with Gasteiger partial charge >= 0.3 is 0 Å². The van der Waals surface area contributed by atoms with E-state index in [0.717, 1.165) is 19.4 Å². The molecule has 1 aromatic rings. The molecule has 0 saturated heterocycles. The van der Waals surface area contributed by atoms with E-state index in [1.165, 1.54) is 18.2 Å². The molecule has 0 radical (unpaired) electrons. The zero-order valence-electron chi connectivity index (χ0n) is 11.9. The van der Waals surface area contributed by atoms with E-state index in [-0.39, 0.29) is 11.6 Å². The van der Waals surface area contributed by atoms with Gasteiger partial charge in [0.15, 0.2) is 0 Å². The Morgan fingerprint density at radius 2 is 1.95 bits per heavy atom. The lowest BCUT2D eigenvalue weighted by molar-refractivity contribution is 0.0735. The number of nitrogens with zero attached hydrogens (tertiary/aromatic N) is 1. The first-order valence-electron chi connectivity index (χ1n) is 6.87. The van der Waals surface area contributed by atoms with Crippen LogP contribution >= 0.6 is 0 Å². The van der Waals surface area contributed by atoms with Crippen LogP contribution in [0.25, 0.3) is 0 Å². The first kappa shape index (κ1) is 15.5. The van der Waals surface area contributed by atoms with Gasteiger partial charge in [-0.15, -0.1) is 0 Å². The van der Waals surface area contributed by atoms with E-state index in [4.69, 9.17) is 5.73 Å². The van der Waals surface area contributed by atoms with Crippen molar-refractivity contribution in [2.45, 2.75) is 33.6 Å². The van der Waals surface area contributed by atoms with Crippen molar-refractivity contribution in [2.24, 2.45) is 5.92 Å². The van der Waals surface area contributed by atoms with Gasteiger partial charge in [-0.3, -0.25) is 4.79 Å². The number of benzene rings is 1. The summed E-state index contributed by atoms with van der Waals surface area (Å²) in [5, 5.41) is 0. The molecular weight excluding hydrogens is 243 g/mol. The van der Waals surface area contributed by atoms with Gasteiger partial charge in [-0.2, -0.15) is 0 Å². The molecule has 0 atom stereocenters. The monoisotopic (exact) mass is 266 g/mol.